The molecule has 1 aliphatic heterocycles. The number of carbonyl (C=O) groups is 1. The summed E-state index contributed by atoms with van der Waals surface area (Å²) < 4.78 is 40.3. The van der Waals surface area contributed by atoms with E-state index in [4.69, 9.17) is 0 Å². The van der Waals surface area contributed by atoms with Crippen molar-refractivity contribution in [3.05, 3.63) is 93.7 Å². The predicted octanol–water partition coefficient (Wildman–Crippen LogP) is 7.86. The number of aromatic nitrogens is 1. The van der Waals surface area contributed by atoms with Crippen molar-refractivity contribution in [1.29, 1.82) is 0 Å². The number of pyridine rings is 1. The molecule has 1 saturated carbocycles. The average Bonchev–Trinajstić information content (AvgIpc) is 3.37. The topological polar surface area (TPSA) is 36.4 Å². The minimum atomic E-state index is -4.44. The van der Waals surface area contributed by atoms with E-state index < -0.39 is 11.7 Å². The van der Waals surface area contributed by atoms with Crippen molar-refractivity contribution in [2.75, 3.05) is 11.4 Å². The number of benzene rings is 2. The molecule has 1 unspecified atom stereocenters. The number of hydrogen-bond donors (Lipinski definition) is 0. The predicted molar refractivity (Wildman–Crippen MR) is 146 cm³/mol. The summed E-state index contributed by atoms with van der Waals surface area (Å²) in [5.74, 6) is 0.459. The smallest absolute Gasteiger partial charge is 0.361 e. The molecule has 4 nitrogen and oxygen atoms in total. The van der Waals surface area contributed by atoms with Crippen molar-refractivity contribution in [2.24, 2.45) is 5.92 Å². The third-order valence-corrected chi connectivity index (χ3v) is 8.27. The van der Waals surface area contributed by atoms with Crippen molar-refractivity contribution in [3.8, 4) is 0 Å². The molecule has 8 heteroatoms. The molecule has 2 aliphatic rings. The Bertz CT molecular complexity index is 1260. The van der Waals surface area contributed by atoms with E-state index in [0.29, 0.717) is 25.6 Å². The molecule has 1 atom stereocenters. The van der Waals surface area contributed by atoms with E-state index in [-0.39, 0.29) is 17.5 Å². The standard InChI is InChI=1S/C30H31BrF3N3O/c31-25-15-16-35-26(17-25)19-37-27(14-9-21-5-1-2-6-21)20-36(18-23-7-3-4-8-28(23)37)29(38)22-10-12-24(13-11-22)30(32,33)34/h3-4,7-8,10-13,15-17,21,27H,1-2,5-6,9,14,18-20H2. The zero-order chi connectivity index (χ0) is 26.7. The van der Waals surface area contributed by atoms with Crippen LogP contribution in [0.4, 0.5) is 18.9 Å². The quantitative estimate of drug-likeness (QED) is 0.295. The van der Waals surface area contributed by atoms with Gasteiger partial charge in [-0.2, -0.15) is 13.2 Å². The molecule has 0 saturated heterocycles. The van der Waals surface area contributed by atoms with Gasteiger partial charge in [0.05, 0.1) is 17.8 Å². The second-order valence-electron chi connectivity index (χ2n) is 10.4. The van der Waals surface area contributed by atoms with E-state index in [1.54, 1.807) is 11.1 Å². The molecule has 0 radical (unpaired) electrons. The Labute approximate surface area is 230 Å². The fourth-order valence-electron chi connectivity index (χ4n) is 5.78. The molecule has 2 heterocycles. The molecule has 2 aromatic carbocycles. The number of halogens is 4. The zero-order valence-electron chi connectivity index (χ0n) is 21.1. The molecule has 0 spiro atoms. The number of amides is 1. The van der Waals surface area contributed by atoms with Crippen LogP contribution in [0.15, 0.2) is 71.3 Å². The second kappa shape index (κ2) is 11.5. The summed E-state index contributed by atoms with van der Waals surface area (Å²) in [6.45, 7) is 1.50. The lowest BCUT2D eigenvalue weighted by molar-refractivity contribution is -0.137. The van der Waals surface area contributed by atoms with E-state index >= 15 is 0 Å². The summed E-state index contributed by atoms with van der Waals surface area (Å²) in [5.41, 5.74) is 2.55. The molecule has 1 aromatic heterocycles. The van der Waals surface area contributed by atoms with E-state index in [0.717, 1.165) is 46.4 Å². The number of nitrogens with zero attached hydrogens (tertiary/aromatic N) is 3. The van der Waals surface area contributed by atoms with Crippen molar-refractivity contribution in [2.45, 2.75) is 63.8 Å². The van der Waals surface area contributed by atoms with Gasteiger partial charge in [-0.05, 0) is 66.8 Å². The third kappa shape index (κ3) is 6.22. The Balaban J connectivity index is 1.46. The second-order valence-corrected chi connectivity index (χ2v) is 11.3. The van der Waals surface area contributed by atoms with Gasteiger partial charge in [-0.15, -0.1) is 0 Å². The summed E-state index contributed by atoms with van der Waals surface area (Å²) in [4.78, 5) is 22.4. The maximum absolute atomic E-state index is 13.6. The van der Waals surface area contributed by atoms with Gasteiger partial charge in [0.15, 0.2) is 0 Å². The van der Waals surface area contributed by atoms with Crippen LogP contribution >= 0.6 is 15.9 Å². The fourth-order valence-corrected chi connectivity index (χ4v) is 6.16. The van der Waals surface area contributed by atoms with Gasteiger partial charge in [0.1, 0.15) is 0 Å². The highest BCUT2D eigenvalue weighted by Crippen LogP contribution is 2.35. The van der Waals surface area contributed by atoms with Crippen LogP contribution in [0.2, 0.25) is 0 Å². The lowest BCUT2D eigenvalue weighted by Gasteiger charge is -2.35. The number of alkyl halides is 3. The Kier molecular flexibility index (Phi) is 8.07. The van der Waals surface area contributed by atoms with Crippen LogP contribution in [-0.2, 0) is 19.3 Å². The molecule has 200 valence electrons. The van der Waals surface area contributed by atoms with Gasteiger partial charge < -0.3 is 9.80 Å². The summed E-state index contributed by atoms with van der Waals surface area (Å²) in [5, 5.41) is 0. The van der Waals surface area contributed by atoms with E-state index in [2.05, 4.69) is 31.9 Å². The van der Waals surface area contributed by atoms with Crippen molar-refractivity contribution < 1.29 is 18.0 Å². The van der Waals surface area contributed by atoms with Gasteiger partial charge in [0.25, 0.3) is 5.91 Å². The van der Waals surface area contributed by atoms with Gasteiger partial charge in [0, 0.05) is 41.1 Å². The van der Waals surface area contributed by atoms with Crippen LogP contribution in [0, 0.1) is 5.92 Å². The lowest BCUT2D eigenvalue weighted by Crippen LogP contribution is -2.43. The van der Waals surface area contributed by atoms with Crippen LogP contribution in [0.5, 0.6) is 0 Å². The SMILES string of the molecule is O=C(c1ccc(C(F)(F)F)cc1)N1Cc2ccccc2N(Cc2cc(Br)ccn2)C(CCC2CCCC2)C1. The number of anilines is 1. The van der Waals surface area contributed by atoms with Crippen LogP contribution in [0.25, 0.3) is 0 Å². The molecular formula is C30H31BrF3N3O. The third-order valence-electron chi connectivity index (χ3n) is 7.77. The monoisotopic (exact) mass is 585 g/mol. The van der Waals surface area contributed by atoms with Crippen LogP contribution < -0.4 is 4.90 Å². The molecule has 1 aliphatic carbocycles. The summed E-state index contributed by atoms with van der Waals surface area (Å²) in [6, 6.07) is 16.6. The Morgan fingerprint density at radius 3 is 2.45 bits per heavy atom. The lowest BCUT2D eigenvalue weighted by atomic mass is 9.97. The van der Waals surface area contributed by atoms with Gasteiger partial charge in [-0.25, -0.2) is 0 Å². The Morgan fingerprint density at radius 1 is 1.00 bits per heavy atom. The van der Waals surface area contributed by atoms with Gasteiger partial charge >= 0.3 is 6.18 Å². The van der Waals surface area contributed by atoms with Crippen molar-refractivity contribution >= 4 is 27.5 Å². The van der Waals surface area contributed by atoms with Crippen LogP contribution in [0.3, 0.4) is 0 Å². The first kappa shape index (κ1) is 26.7. The van der Waals surface area contributed by atoms with Crippen molar-refractivity contribution in [3.63, 3.8) is 0 Å². The van der Waals surface area contributed by atoms with E-state index in [1.165, 1.54) is 37.8 Å². The Hall–Kier alpha value is -2.87. The number of fused-ring (bicyclic) bond motifs is 1. The van der Waals surface area contributed by atoms with Gasteiger partial charge in [0.2, 0.25) is 0 Å². The molecular weight excluding hydrogens is 555 g/mol. The Morgan fingerprint density at radius 2 is 1.74 bits per heavy atom. The molecule has 3 aromatic rings. The maximum Gasteiger partial charge on any atom is 0.416 e. The molecule has 0 bridgehead atoms. The number of carbonyl (C=O) groups excluding carboxylic acids is 1. The van der Waals surface area contributed by atoms with E-state index in [1.807, 2.05) is 30.3 Å². The molecule has 5 rings (SSSR count). The van der Waals surface area contributed by atoms with E-state index in [9.17, 15) is 18.0 Å². The summed E-state index contributed by atoms with van der Waals surface area (Å²) >= 11 is 3.55. The highest BCUT2D eigenvalue weighted by atomic mass is 79.9. The highest BCUT2D eigenvalue weighted by Gasteiger charge is 2.33. The normalized spacial score (nSPS) is 18.4. The first-order valence-electron chi connectivity index (χ1n) is 13.2. The maximum atomic E-state index is 13.6. The summed E-state index contributed by atoms with van der Waals surface area (Å²) in [7, 11) is 0. The largest absolute Gasteiger partial charge is 0.416 e. The fraction of sp³-hybridized carbons (Fsp3) is 0.400. The van der Waals surface area contributed by atoms with Crippen molar-refractivity contribution in [1.82, 2.24) is 9.88 Å². The number of hydrogen-bond acceptors (Lipinski definition) is 3. The number of rotatable bonds is 6. The first-order valence-corrected chi connectivity index (χ1v) is 14.0. The summed E-state index contributed by atoms with van der Waals surface area (Å²) in [6.07, 6.45) is 4.45. The average molecular weight is 586 g/mol. The molecule has 1 amide bonds. The molecule has 0 N–H and O–H groups in total. The number of para-hydroxylation sites is 1. The van der Waals surface area contributed by atoms with Gasteiger partial charge in [-0.1, -0.05) is 59.8 Å². The minimum Gasteiger partial charge on any atom is -0.361 e. The highest BCUT2D eigenvalue weighted by molar-refractivity contribution is 9.10. The minimum absolute atomic E-state index is 0.0541. The van der Waals surface area contributed by atoms with Gasteiger partial charge in [-0.3, -0.25) is 9.78 Å². The van der Waals surface area contributed by atoms with Crippen LogP contribution in [0.1, 0.15) is 65.7 Å². The van der Waals surface area contributed by atoms with Crippen LogP contribution in [-0.4, -0.2) is 28.4 Å². The first-order chi connectivity index (χ1) is 18.3. The molecule has 1 fully saturated rings. The zero-order valence-corrected chi connectivity index (χ0v) is 22.7. The molecule has 38 heavy (non-hydrogen) atoms.